The van der Waals surface area contributed by atoms with E-state index in [0.717, 1.165) is 32.2 Å². The standard InChI is InChI=1S/C15H29N3O/c1-3-14(4-2)8-9-18(11-14)12-6-5-7-15(17,10-12)13(16)19/h12H,3-11,17H2,1-2H3,(H2,16,19). The van der Waals surface area contributed by atoms with Gasteiger partial charge in [-0.2, -0.15) is 0 Å². The van der Waals surface area contributed by atoms with Gasteiger partial charge in [-0.05, 0) is 56.9 Å². The first-order valence-electron chi connectivity index (χ1n) is 7.77. The molecule has 1 heterocycles. The van der Waals surface area contributed by atoms with Crippen molar-refractivity contribution in [3.63, 3.8) is 0 Å². The van der Waals surface area contributed by atoms with E-state index in [1.807, 2.05) is 0 Å². The summed E-state index contributed by atoms with van der Waals surface area (Å²) in [6, 6.07) is 0.450. The van der Waals surface area contributed by atoms with Gasteiger partial charge < -0.3 is 11.5 Å². The maximum Gasteiger partial charge on any atom is 0.237 e. The van der Waals surface area contributed by atoms with Crippen molar-refractivity contribution >= 4 is 5.91 Å². The van der Waals surface area contributed by atoms with Crippen LogP contribution >= 0.6 is 0 Å². The van der Waals surface area contributed by atoms with Crippen molar-refractivity contribution < 1.29 is 4.79 Å². The molecule has 1 saturated carbocycles. The van der Waals surface area contributed by atoms with Crippen molar-refractivity contribution in [3.05, 3.63) is 0 Å². The average molecular weight is 267 g/mol. The minimum absolute atomic E-state index is 0.325. The second kappa shape index (κ2) is 5.41. The van der Waals surface area contributed by atoms with E-state index in [-0.39, 0.29) is 5.91 Å². The summed E-state index contributed by atoms with van der Waals surface area (Å²) in [5.41, 5.74) is 11.4. The zero-order valence-electron chi connectivity index (χ0n) is 12.5. The molecule has 110 valence electrons. The molecule has 4 heteroatoms. The normalized spacial score (nSPS) is 35.4. The molecule has 0 aromatic heterocycles. The van der Waals surface area contributed by atoms with E-state index in [4.69, 9.17) is 11.5 Å². The van der Waals surface area contributed by atoms with Crippen LogP contribution < -0.4 is 11.5 Å². The monoisotopic (exact) mass is 267 g/mol. The average Bonchev–Trinajstić information content (AvgIpc) is 2.84. The molecule has 2 unspecified atom stereocenters. The minimum Gasteiger partial charge on any atom is -0.368 e. The lowest BCUT2D eigenvalue weighted by Gasteiger charge is -2.40. The van der Waals surface area contributed by atoms with Crippen LogP contribution in [0.1, 0.15) is 58.8 Å². The molecule has 2 fully saturated rings. The molecule has 4 N–H and O–H groups in total. The van der Waals surface area contributed by atoms with Crippen molar-refractivity contribution in [1.29, 1.82) is 0 Å². The van der Waals surface area contributed by atoms with Gasteiger partial charge in [-0.3, -0.25) is 9.69 Å². The zero-order valence-corrected chi connectivity index (χ0v) is 12.5. The van der Waals surface area contributed by atoms with Crippen molar-refractivity contribution in [1.82, 2.24) is 4.90 Å². The van der Waals surface area contributed by atoms with Crippen LogP contribution in [0.4, 0.5) is 0 Å². The molecule has 1 aliphatic heterocycles. The lowest BCUT2D eigenvalue weighted by molar-refractivity contribution is -0.125. The number of amides is 1. The van der Waals surface area contributed by atoms with Crippen LogP contribution in [0, 0.1) is 5.41 Å². The highest BCUT2D eigenvalue weighted by Crippen LogP contribution is 2.40. The maximum absolute atomic E-state index is 11.6. The van der Waals surface area contributed by atoms with Crippen LogP contribution in [0.2, 0.25) is 0 Å². The van der Waals surface area contributed by atoms with Crippen molar-refractivity contribution in [2.75, 3.05) is 13.1 Å². The highest BCUT2D eigenvalue weighted by atomic mass is 16.1. The lowest BCUT2D eigenvalue weighted by atomic mass is 9.78. The molecule has 0 aromatic rings. The number of nitrogens with two attached hydrogens (primary N) is 2. The van der Waals surface area contributed by atoms with Gasteiger partial charge in [-0.1, -0.05) is 13.8 Å². The SMILES string of the molecule is CCC1(CC)CCN(C2CCCC(N)(C(N)=O)C2)C1. The van der Waals surface area contributed by atoms with Crippen molar-refractivity contribution in [2.45, 2.75) is 70.4 Å². The fourth-order valence-electron chi connectivity index (χ4n) is 3.92. The quantitative estimate of drug-likeness (QED) is 0.813. The Labute approximate surface area is 116 Å². The minimum atomic E-state index is -0.771. The summed E-state index contributed by atoms with van der Waals surface area (Å²) in [5.74, 6) is -0.325. The summed E-state index contributed by atoms with van der Waals surface area (Å²) in [4.78, 5) is 14.1. The molecule has 0 spiro atoms. The summed E-state index contributed by atoms with van der Waals surface area (Å²) in [6.07, 6.45) is 7.45. The van der Waals surface area contributed by atoms with Crippen molar-refractivity contribution in [3.8, 4) is 0 Å². The molecule has 19 heavy (non-hydrogen) atoms. The van der Waals surface area contributed by atoms with Crippen LogP contribution in [-0.4, -0.2) is 35.5 Å². The summed E-state index contributed by atoms with van der Waals surface area (Å²) >= 11 is 0. The van der Waals surface area contributed by atoms with Gasteiger partial charge in [0, 0.05) is 12.6 Å². The Hall–Kier alpha value is -0.610. The van der Waals surface area contributed by atoms with Crippen LogP contribution in [0.15, 0.2) is 0 Å². The van der Waals surface area contributed by atoms with E-state index in [1.165, 1.54) is 25.8 Å². The Bertz CT molecular complexity index is 340. The van der Waals surface area contributed by atoms with Crippen LogP contribution in [0.5, 0.6) is 0 Å². The Morgan fingerprint density at radius 3 is 2.53 bits per heavy atom. The zero-order chi connectivity index (χ0) is 14.1. The number of nitrogens with zero attached hydrogens (tertiary/aromatic N) is 1. The number of rotatable bonds is 4. The molecule has 1 saturated heterocycles. The number of hydrogen-bond donors (Lipinski definition) is 2. The Morgan fingerprint density at radius 2 is 2.00 bits per heavy atom. The number of primary amides is 1. The Kier molecular flexibility index (Phi) is 4.21. The summed E-state index contributed by atoms with van der Waals surface area (Å²) in [7, 11) is 0. The Balaban J connectivity index is 2.02. The fraction of sp³-hybridized carbons (Fsp3) is 0.933. The lowest BCUT2D eigenvalue weighted by Crippen LogP contribution is -2.58. The molecule has 2 rings (SSSR count). The summed E-state index contributed by atoms with van der Waals surface area (Å²) < 4.78 is 0. The third-order valence-electron chi connectivity index (χ3n) is 5.74. The number of likely N-dealkylation sites (tertiary alicyclic amines) is 1. The largest absolute Gasteiger partial charge is 0.368 e. The van der Waals surface area contributed by atoms with Crippen molar-refractivity contribution in [2.24, 2.45) is 16.9 Å². The van der Waals surface area contributed by atoms with E-state index in [2.05, 4.69) is 18.7 Å². The Morgan fingerprint density at radius 1 is 1.32 bits per heavy atom. The van der Waals surface area contributed by atoms with E-state index in [1.54, 1.807) is 0 Å². The van der Waals surface area contributed by atoms with E-state index in [9.17, 15) is 4.79 Å². The molecular formula is C15H29N3O. The third kappa shape index (κ3) is 2.79. The highest BCUT2D eigenvalue weighted by Gasteiger charge is 2.43. The van der Waals surface area contributed by atoms with Gasteiger partial charge in [0.15, 0.2) is 0 Å². The van der Waals surface area contributed by atoms with Gasteiger partial charge in [-0.15, -0.1) is 0 Å². The maximum atomic E-state index is 11.6. The molecule has 0 aromatic carbocycles. The third-order valence-corrected chi connectivity index (χ3v) is 5.74. The molecule has 1 aliphatic carbocycles. The molecule has 4 nitrogen and oxygen atoms in total. The van der Waals surface area contributed by atoms with Gasteiger partial charge in [0.25, 0.3) is 0 Å². The first-order chi connectivity index (χ1) is 8.95. The molecular weight excluding hydrogens is 238 g/mol. The number of hydrogen-bond acceptors (Lipinski definition) is 3. The molecule has 0 bridgehead atoms. The molecule has 2 aliphatic rings. The van der Waals surface area contributed by atoms with Gasteiger partial charge in [-0.25, -0.2) is 0 Å². The second-order valence-corrected chi connectivity index (χ2v) is 6.70. The predicted octanol–water partition coefficient (Wildman–Crippen LogP) is 1.62. The summed E-state index contributed by atoms with van der Waals surface area (Å²) in [5, 5.41) is 0. The second-order valence-electron chi connectivity index (χ2n) is 6.70. The van der Waals surface area contributed by atoms with Gasteiger partial charge >= 0.3 is 0 Å². The van der Waals surface area contributed by atoms with Crippen LogP contribution in [0.25, 0.3) is 0 Å². The van der Waals surface area contributed by atoms with Gasteiger partial charge in [0.2, 0.25) is 5.91 Å². The van der Waals surface area contributed by atoms with E-state index >= 15 is 0 Å². The fourth-order valence-corrected chi connectivity index (χ4v) is 3.92. The van der Waals surface area contributed by atoms with E-state index in [0.29, 0.717) is 11.5 Å². The smallest absolute Gasteiger partial charge is 0.237 e. The highest BCUT2D eigenvalue weighted by molar-refractivity contribution is 5.84. The van der Waals surface area contributed by atoms with Gasteiger partial charge in [0.05, 0.1) is 5.54 Å². The topological polar surface area (TPSA) is 72.3 Å². The van der Waals surface area contributed by atoms with Gasteiger partial charge in [0.1, 0.15) is 0 Å². The molecule has 1 amide bonds. The molecule has 0 radical (unpaired) electrons. The number of carbonyl (C=O) groups is 1. The van der Waals surface area contributed by atoms with Crippen LogP contribution in [0.3, 0.4) is 0 Å². The first-order valence-corrected chi connectivity index (χ1v) is 7.77. The first kappa shape index (κ1) is 14.8. The van der Waals surface area contributed by atoms with E-state index < -0.39 is 5.54 Å². The van der Waals surface area contributed by atoms with Crippen LogP contribution in [-0.2, 0) is 4.79 Å². The molecule has 2 atom stereocenters. The summed E-state index contributed by atoms with van der Waals surface area (Å²) in [6.45, 7) is 6.91. The number of carbonyl (C=O) groups excluding carboxylic acids is 1. The predicted molar refractivity (Wildman–Crippen MR) is 77.6 cm³/mol.